The first-order valence-electron chi connectivity index (χ1n) is 10.8. The summed E-state index contributed by atoms with van der Waals surface area (Å²) in [6.45, 7) is 7.10. The normalized spacial score (nSPS) is 54.0. The van der Waals surface area contributed by atoms with Crippen molar-refractivity contribution in [1.82, 2.24) is 0 Å². The Morgan fingerprint density at radius 1 is 1.08 bits per heavy atom. The second-order valence-electron chi connectivity index (χ2n) is 10.4. The van der Waals surface area contributed by atoms with Crippen molar-refractivity contribution in [3.8, 4) is 0 Å². The quantitative estimate of drug-likeness (QED) is 0.728. The molecule has 0 bridgehead atoms. The zero-order valence-corrected chi connectivity index (χ0v) is 16.7. The molecule has 8 atom stereocenters. The van der Waals surface area contributed by atoms with Gasteiger partial charge in [-0.25, -0.2) is 0 Å². The van der Waals surface area contributed by atoms with Gasteiger partial charge in [-0.15, -0.1) is 0 Å². The molecule has 0 aromatic rings. The highest BCUT2D eigenvalue weighted by Gasteiger charge is 2.64. The van der Waals surface area contributed by atoms with Gasteiger partial charge in [-0.05, 0) is 73.5 Å². The van der Waals surface area contributed by atoms with E-state index in [1.54, 1.807) is 6.08 Å². The van der Waals surface area contributed by atoms with Crippen LogP contribution < -0.4 is 0 Å². The number of hydrogen-bond donors (Lipinski definition) is 2. The van der Waals surface area contributed by atoms with E-state index in [-0.39, 0.29) is 12.0 Å². The molecule has 0 radical (unpaired) electrons. The highest BCUT2D eigenvalue weighted by molar-refractivity contribution is 5.80. The van der Waals surface area contributed by atoms with Crippen molar-refractivity contribution in [2.45, 2.75) is 77.7 Å². The molecule has 4 fully saturated rings. The number of hydrogen-bond acceptors (Lipinski definition) is 3. The van der Waals surface area contributed by atoms with E-state index in [1.165, 1.54) is 19.3 Å². The predicted molar refractivity (Wildman–Crippen MR) is 102 cm³/mol. The van der Waals surface area contributed by atoms with E-state index in [0.717, 1.165) is 32.1 Å². The highest BCUT2D eigenvalue weighted by atomic mass is 16.3. The molecule has 0 heterocycles. The minimum absolute atomic E-state index is 0.000401. The van der Waals surface area contributed by atoms with Crippen LogP contribution in [0.3, 0.4) is 0 Å². The van der Waals surface area contributed by atoms with E-state index in [0.29, 0.717) is 40.8 Å². The number of fused-ring (bicyclic) bond motifs is 5. The lowest BCUT2D eigenvalue weighted by Gasteiger charge is -2.62. The molecule has 4 saturated carbocycles. The molecule has 0 saturated heterocycles. The van der Waals surface area contributed by atoms with Crippen molar-refractivity contribution in [2.75, 3.05) is 6.61 Å². The van der Waals surface area contributed by atoms with Crippen LogP contribution in [0.2, 0.25) is 0 Å². The summed E-state index contributed by atoms with van der Waals surface area (Å²) in [4.78, 5) is 12.2. The zero-order valence-electron chi connectivity index (χ0n) is 16.7. The standard InChI is InChI=1S/C23H36O3/c1-15-13-17(25)14-16-5-6-18-19-8-11-23(26,9-4-12-24)21(19,2)10-7-20(18)22(15,16)3/h4,9,15-16,18-20,24,26H,5-8,10-14H2,1-3H3/t15?,16?,18-,19-,20+,21-,22-,23?/m0/s1. The van der Waals surface area contributed by atoms with Crippen LogP contribution in [-0.4, -0.2) is 28.2 Å². The number of carbonyl (C=O) groups is 1. The fourth-order valence-corrected chi connectivity index (χ4v) is 8.05. The van der Waals surface area contributed by atoms with E-state index < -0.39 is 5.60 Å². The molecule has 3 heteroatoms. The van der Waals surface area contributed by atoms with Gasteiger partial charge in [0, 0.05) is 18.3 Å². The third-order valence-electron chi connectivity index (χ3n) is 9.75. The van der Waals surface area contributed by atoms with Gasteiger partial charge in [0.25, 0.3) is 0 Å². The first kappa shape index (κ1) is 18.7. The van der Waals surface area contributed by atoms with Gasteiger partial charge < -0.3 is 10.2 Å². The molecular formula is C23H36O3. The maximum absolute atomic E-state index is 12.2. The van der Waals surface area contributed by atoms with Crippen LogP contribution in [0.5, 0.6) is 0 Å². The molecule has 3 unspecified atom stereocenters. The molecule has 3 nitrogen and oxygen atoms in total. The minimum atomic E-state index is -0.767. The first-order valence-corrected chi connectivity index (χ1v) is 10.8. The molecule has 26 heavy (non-hydrogen) atoms. The lowest BCUT2D eigenvalue weighted by Crippen LogP contribution is -2.58. The Labute approximate surface area is 158 Å². The van der Waals surface area contributed by atoms with Crippen LogP contribution in [0.4, 0.5) is 0 Å². The number of Topliss-reactive ketones (excluding diaryl/α,β-unsaturated/α-hetero) is 1. The topological polar surface area (TPSA) is 57.5 Å². The Hall–Kier alpha value is -0.670. The van der Waals surface area contributed by atoms with Gasteiger partial charge in [-0.2, -0.15) is 0 Å². The van der Waals surface area contributed by atoms with E-state index in [2.05, 4.69) is 20.8 Å². The number of carbonyl (C=O) groups excluding carboxylic acids is 1. The average Bonchev–Trinajstić information content (AvgIpc) is 2.86. The molecule has 4 rings (SSSR count). The van der Waals surface area contributed by atoms with Crippen LogP contribution >= 0.6 is 0 Å². The lowest BCUT2D eigenvalue weighted by atomic mass is 9.42. The van der Waals surface area contributed by atoms with Gasteiger partial charge in [0.15, 0.2) is 0 Å². The van der Waals surface area contributed by atoms with Crippen molar-refractivity contribution in [2.24, 2.45) is 40.4 Å². The molecule has 4 aliphatic rings. The van der Waals surface area contributed by atoms with Gasteiger partial charge >= 0.3 is 0 Å². The van der Waals surface area contributed by atoms with Gasteiger partial charge in [0.1, 0.15) is 5.78 Å². The van der Waals surface area contributed by atoms with Crippen molar-refractivity contribution < 1.29 is 15.0 Å². The van der Waals surface area contributed by atoms with Gasteiger partial charge in [0.2, 0.25) is 0 Å². The van der Waals surface area contributed by atoms with Crippen LogP contribution in [0.1, 0.15) is 72.1 Å². The number of ketones is 1. The highest BCUT2D eigenvalue weighted by Crippen LogP contribution is 2.69. The second kappa shape index (κ2) is 6.17. The molecule has 0 aromatic carbocycles. The van der Waals surface area contributed by atoms with Crippen molar-refractivity contribution >= 4 is 5.78 Å². The Morgan fingerprint density at radius 3 is 2.54 bits per heavy atom. The summed E-state index contributed by atoms with van der Waals surface area (Å²) in [6.07, 6.45) is 11.8. The SMILES string of the molecule is CC1CC(=O)CC2CC[C@@H]3[C@@H](CC[C@@]4(C)[C@H]3CCC4(O)C=CCO)[C@@]12C. The maximum atomic E-state index is 12.2. The third-order valence-corrected chi connectivity index (χ3v) is 9.75. The Kier molecular flexibility index (Phi) is 4.43. The van der Waals surface area contributed by atoms with Gasteiger partial charge in [-0.1, -0.05) is 32.9 Å². The average molecular weight is 361 g/mol. The number of rotatable bonds is 2. The van der Waals surface area contributed by atoms with E-state index in [9.17, 15) is 15.0 Å². The summed E-state index contributed by atoms with van der Waals surface area (Å²) < 4.78 is 0. The summed E-state index contributed by atoms with van der Waals surface area (Å²) in [6, 6.07) is 0. The Balaban J connectivity index is 1.65. The zero-order chi connectivity index (χ0) is 18.7. The fraction of sp³-hybridized carbons (Fsp3) is 0.870. The largest absolute Gasteiger partial charge is 0.392 e. The predicted octanol–water partition coefficient (Wildman–Crippen LogP) is 4.12. The van der Waals surface area contributed by atoms with E-state index in [4.69, 9.17) is 0 Å². The molecule has 0 aromatic heterocycles. The smallest absolute Gasteiger partial charge is 0.133 e. The molecule has 0 amide bonds. The van der Waals surface area contributed by atoms with Crippen LogP contribution in [0.25, 0.3) is 0 Å². The van der Waals surface area contributed by atoms with Crippen molar-refractivity contribution in [3.63, 3.8) is 0 Å². The Morgan fingerprint density at radius 2 is 1.81 bits per heavy atom. The first-order chi connectivity index (χ1) is 12.3. The van der Waals surface area contributed by atoms with E-state index >= 15 is 0 Å². The van der Waals surface area contributed by atoms with Crippen molar-refractivity contribution in [1.29, 1.82) is 0 Å². The maximum Gasteiger partial charge on any atom is 0.133 e. The van der Waals surface area contributed by atoms with Crippen LogP contribution in [0, 0.1) is 40.4 Å². The van der Waals surface area contributed by atoms with Crippen molar-refractivity contribution in [3.05, 3.63) is 12.2 Å². The van der Waals surface area contributed by atoms with E-state index in [1.807, 2.05) is 6.08 Å². The summed E-state index contributed by atoms with van der Waals surface area (Å²) in [5, 5.41) is 20.6. The summed E-state index contributed by atoms with van der Waals surface area (Å²) >= 11 is 0. The monoisotopic (exact) mass is 360 g/mol. The molecule has 146 valence electrons. The molecule has 0 spiro atoms. The third kappa shape index (κ3) is 2.35. The van der Waals surface area contributed by atoms with Crippen LogP contribution in [-0.2, 0) is 4.79 Å². The lowest BCUT2D eigenvalue weighted by molar-refractivity contribution is -0.161. The van der Waals surface area contributed by atoms with Gasteiger partial charge in [-0.3, -0.25) is 4.79 Å². The molecular weight excluding hydrogens is 324 g/mol. The summed E-state index contributed by atoms with van der Waals surface area (Å²) in [5.41, 5.74) is -0.548. The molecule has 2 N–H and O–H groups in total. The number of aliphatic hydroxyl groups excluding tert-OH is 1. The Bertz CT molecular complexity index is 613. The van der Waals surface area contributed by atoms with Gasteiger partial charge in [0.05, 0.1) is 12.2 Å². The second-order valence-corrected chi connectivity index (χ2v) is 10.4. The molecule has 0 aliphatic heterocycles. The molecule has 4 aliphatic carbocycles. The number of aliphatic hydroxyl groups is 2. The summed E-state index contributed by atoms with van der Waals surface area (Å²) in [5.74, 6) is 3.48. The fourth-order valence-electron chi connectivity index (χ4n) is 8.05. The minimum Gasteiger partial charge on any atom is -0.392 e. The summed E-state index contributed by atoms with van der Waals surface area (Å²) in [7, 11) is 0. The van der Waals surface area contributed by atoms with Crippen LogP contribution in [0.15, 0.2) is 12.2 Å².